The van der Waals surface area contributed by atoms with Gasteiger partial charge in [0, 0.05) is 6.61 Å². The Morgan fingerprint density at radius 3 is 1.16 bits per heavy atom. The maximum absolute atomic E-state index is 13.0. The number of carbonyl (C=O) groups excluding carboxylic acids is 1. The second kappa shape index (κ2) is 35.7. The summed E-state index contributed by atoms with van der Waals surface area (Å²) in [7, 11) is 0. The lowest BCUT2D eigenvalue weighted by Crippen LogP contribution is -2.26. The Labute approximate surface area is 280 Å². The van der Waals surface area contributed by atoms with Crippen LogP contribution in [0.4, 0.5) is 0 Å². The first-order valence-corrected chi connectivity index (χ1v) is 20.1. The van der Waals surface area contributed by atoms with Crippen molar-refractivity contribution < 1.29 is 24.2 Å². The number of carboxylic acid groups (broad SMARTS) is 1. The van der Waals surface area contributed by atoms with Gasteiger partial charge in [-0.3, -0.25) is 9.59 Å². The van der Waals surface area contributed by atoms with Crippen LogP contribution in [0.2, 0.25) is 0 Å². The third kappa shape index (κ3) is 34.1. The fourth-order valence-electron chi connectivity index (χ4n) is 6.27. The minimum Gasteiger partial charge on any atom is -0.481 e. The molecule has 2 atom stereocenters. The van der Waals surface area contributed by atoms with Crippen LogP contribution in [0, 0.1) is 0 Å². The van der Waals surface area contributed by atoms with Gasteiger partial charge in [0.2, 0.25) is 0 Å². The predicted octanol–water partition coefficient (Wildman–Crippen LogP) is 12.9. The average molecular weight is 639 g/mol. The van der Waals surface area contributed by atoms with E-state index in [1.807, 2.05) is 0 Å². The molecule has 0 aliphatic heterocycles. The zero-order valence-electron chi connectivity index (χ0n) is 30.6. The van der Waals surface area contributed by atoms with Crippen LogP contribution in [0.1, 0.15) is 226 Å². The molecule has 0 bridgehead atoms. The summed E-state index contributed by atoms with van der Waals surface area (Å²) in [5.41, 5.74) is 0. The molecule has 0 amide bonds. The van der Waals surface area contributed by atoms with E-state index in [4.69, 9.17) is 9.47 Å². The highest BCUT2D eigenvalue weighted by atomic mass is 16.5. The zero-order chi connectivity index (χ0) is 33.1. The van der Waals surface area contributed by atoms with Crippen LogP contribution in [0.3, 0.4) is 0 Å². The molecule has 1 unspecified atom stereocenters. The molecule has 0 aromatic heterocycles. The van der Waals surface area contributed by atoms with Gasteiger partial charge in [-0.15, -0.1) is 0 Å². The summed E-state index contributed by atoms with van der Waals surface area (Å²) >= 11 is 0. The number of carbonyl (C=O) groups is 2. The molecule has 0 rings (SSSR count). The smallest absolute Gasteiger partial charge is 0.308 e. The fourth-order valence-corrected chi connectivity index (χ4v) is 6.27. The van der Waals surface area contributed by atoms with Gasteiger partial charge in [-0.1, -0.05) is 188 Å². The molecule has 268 valence electrons. The lowest BCUT2D eigenvalue weighted by atomic mass is 10.0. The van der Waals surface area contributed by atoms with Crippen molar-refractivity contribution in [3.05, 3.63) is 0 Å². The van der Waals surface area contributed by atoms with E-state index in [2.05, 4.69) is 20.8 Å². The normalized spacial score (nSPS) is 12.8. The van der Waals surface area contributed by atoms with Crippen molar-refractivity contribution >= 4 is 11.9 Å². The Morgan fingerprint density at radius 1 is 0.444 bits per heavy atom. The zero-order valence-corrected chi connectivity index (χ0v) is 30.6. The number of ether oxygens (including phenoxy) is 2. The SMILES string of the molecule is CCCCCCCCCCCCO[C@H](CCCCCCCCCCC)CC(=O)OC(CCCCCCCCCCC)CC(=O)O. The van der Waals surface area contributed by atoms with Crippen molar-refractivity contribution in [3.8, 4) is 0 Å². The second-order valence-electron chi connectivity index (χ2n) is 13.8. The molecule has 0 saturated carbocycles. The molecule has 0 aromatic rings. The molecular weight excluding hydrogens is 560 g/mol. The third-order valence-electron chi connectivity index (χ3n) is 9.21. The number of esters is 1. The molecule has 5 nitrogen and oxygen atoms in total. The number of unbranched alkanes of at least 4 members (excludes halogenated alkanes) is 25. The summed E-state index contributed by atoms with van der Waals surface area (Å²) in [6.07, 6.45) is 36.3. The highest BCUT2D eigenvalue weighted by Crippen LogP contribution is 2.19. The Kier molecular flexibility index (Phi) is 34.9. The van der Waals surface area contributed by atoms with Crippen LogP contribution >= 0.6 is 0 Å². The van der Waals surface area contributed by atoms with Crippen molar-refractivity contribution in [2.45, 2.75) is 238 Å². The molecule has 5 heteroatoms. The third-order valence-corrected chi connectivity index (χ3v) is 9.21. The second-order valence-corrected chi connectivity index (χ2v) is 13.8. The van der Waals surface area contributed by atoms with E-state index in [0.29, 0.717) is 13.0 Å². The number of aliphatic carboxylic acids is 1. The molecule has 0 aromatic carbocycles. The molecular formula is C40H78O5. The number of rotatable bonds is 37. The van der Waals surface area contributed by atoms with E-state index < -0.39 is 12.1 Å². The maximum atomic E-state index is 13.0. The minimum atomic E-state index is -0.896. The van der Waals surface area contributed by atoms with Crippen LogP contribution in [0.5, 0.6) is 0 Å². The fraction of sp³-hybridized carbons (Fsp3) is 0.950. The van der Waals surface area contributed by atoms with Crippen LogP contribution < -0.4 is 0 Å². The Bertz CT molecular complexity index is 622. The topological polar surface area (TPSA) is 72.8 Å². The van der Waals surface area contributed by atoms with Gasteiger partial charge in [0.15, 0.2) is 0 Å². The minimum absolute atomic E-state index is 0.106. The van der Waals surface area contributed by atoms with Crippen LogP contribution in [0.15, 0.2) is 0 Å². The van der Waals surface area contributed by atoms with Gasteiger partial charge < -0.3 is 14.6 Å². The van der Waals surface area contributed by atoms with Crippen LogP contribution in [-0.4, -0.2) is 35.9 Å². The summed E-state index contributed by atoms with van der Waals surface area (Å²) < 4.78 is 12.0. The number of hydrogen-bond donors (Lipinski definition) is 1. The average Bonchev–Trinajstić information content (AvgIpc) is 3.01. The first-order valence-electron chi connectivity index (χ1n) is 20.1. The highest BCUT2D eigenvalue weighted by Gasteiger charge is 2.21. The first kappa shape index (κ1) is 43.9. The van der Waals surface area contributed by atoms with E-state index in [-0.39, 0.29) is 24.9 Å². The van der Waals surface area contributed by atoms with Crippen molar-refractivity contribution in [1.82, 2.24) is 0 Å². The molecule has 0 heterocycles. The van der Waals surface area contributed by atoms with E-state index in [1.54, 1.807) is 0 Å². The quantitative estimate of drug-likeness (QED) is 0.0541. The molecule has 45 heavy (non-hydrogen) atoms. The summed E-state index contributed by atoms with van der Waals surface area (Å²) in [6.45, 7) is 7.46. The maximum Gasteiger partial charge on any atom is 0.308 e. The summed E-state index contributed by atoms with van der Waals surface area (Å²) in [5.74, 6) is -1.19. The standard InChI is InChI=1S/C40H78O5/c1-4-7-10-13-16-19-22-25-28-31-34-44-37(32-29-26-23-20-17-14-11-8-5-2)36-40(43)45-38(35-39(41)42)33-30-27-24-21-18-15-12-9-6-3/h37-38H,4-36H2,1-3H3,(H,41,42)/t37-,38?/m1/s1. The number of hydrogen-bond acceptors (Lipinski definition) is 4. The summed E-state index contributed by atoms with van der Waals surface area (Å²) in [6, 6.07) is 0. The van der Waals surface area contributed by atoms with Gasteiger partial charge in [-0.2, -0.15) is 0 Å². The van der Waals surface area contributed by atoms with Gasteiger partial charge >= 0.3 is 11.9 Å². The van der Waals surface area contributed by atoms with Gasteiger partial charge in [0.1, 0.15) is 6.10 Å². The summed E-state index contributed by atoms with van der Waals surface area (Å²) in [4.78, 5) is 24.5. The van der Waals surface area contributed by atoms with Crippen molar-refractivity contribution in [2.24, 2.45) is 0 Å². The highest BCUT2D eigenvalue weighted by molar-refractivity contribution is 5.72. The van der Waals surface area contributed by atoms with Crippen LogP contribution in [0.25, 0.3) is 0 Å². The Morgan fingerprint density at radius 2 is 0.778 bits per heavy atom. The van der Waals surface area contributed by atoms with Gasteiger partial charge in [-0.25, -0.2) is 0 Å². The lowest BCUT2D eigenvalue weighted by Gasteiger charge is -2.20. The molecule has 0 radical (unpaired) electrons. The van der Waals surface area contributed by atoms with Crippen LogP contribution in [-0.2, 0) is 19.1 Å². The largest absolute Gasteiger partial charge is 0.481 e. The first-order chi connectivity index (χ1) is 22.0. The van der Waals surface area contributed by atoms with Crippen molar-refractivity contribution in [3.63, 3.8) is 0 Å². The molecule has 0 spiro atoms. The van der Waals surface area contributed by atoms with E-state index in [9.17, 15) is 14.7 Å². The lowest BCUT2D eigenvalue weighted by molar-refractivity contribution is -0.156. The Hall–Kier alpha value is -1.10. The van der Waals surface area contributed by atoms with Crippen molar-refractivity contribution in [2.75, 3.05) is 6.61 Å². The molecule has 0 aliphatic carbocycles. The molecule has 0 aliphatic rings. The Balaban J connectivity index is 4.50. The molecule has 0 saturated heterocycles. The van der Waals surface area contributed by atoms with E-state index in [1.165, 1.54) is 154 Å². The number of carboxylic acids is 1. The van der Waals surface area contributed by atoms with Gasteiger partial charge in [0.05, 0.1) is 18.9 Å². The monoisotopic (exact) mass is 639 g/mol. The summed E-state index contributed by atoms with van der Waals surface area (Å²) in [5, 5.41) is 9.42. The van der Waals surface area contributed by atoms with Gasteiger partial charge in [0.25, 0.3) is 0 Å². The van der Waals surface area contributed by atoms with E-state index >= 15 is 0 Å². The molecule has 1 N–H and O–H groups in total. The van der Waals surface area contributed by atoms with Gasteiger partial charge in [-0.05, 0) is 25.7 Å². The van der Waals surface area contributed by atoms with Crippen molar-refractivity contribution in [1.29, 1.82) is 0 Å². The predicted molar refractivity (Wildman–Crippen MR) is 192 cm³/mol. The molecule has 0 fully saturated rings. The van der Waals surface area contributed by atoms with E-state index in [0.717, 1.165) is 32.1 Å².